The maximum Gasteiger partial charge on any atom is 0.303 e. The van der Waals surface area contributed by atoms with Crippen molar-refractivity contribution in [2.75, 3.05) is 0 Å². The smallest absolute Gasteiger partial charge is 0.303 e. The van der Waals surface area contributed by atoms with Crippen LogP contribution in [0.25, 0.3) is 0 Å². The van der Waals surface area contributed by atoms with Crippen LogP contribution >= 0.6 is 0 Å². The number of Topliss-reactive ketones (excluding diaryl/α,β-unsaturated/α-hetero) is 1. The molecule has 3 nitrogen and oxygen atoms in total. The van der Waals surface area contributed by atoms with E-state index in [0.717, 1.165) is 12.8 Å². The standard InChI is InChI=1S/C19H36O3/c1-3-4-5-6-7-8-9-10-11-12-13-14-18(20)15-17(2)16-19(21)22/h17H,3-16H2,1-2H3,(H,21,22)/t17-/m1/s1. The number of unbranched alkanes of at least 4 members (excludes halogenated alkanes) is 10. The van der Waals surface area contributed by atoms with Crippen molar-refractivity contribution in [1.82, 2.24) is 0 Å². The summed E-state index contributed by atoms with van der Waals surface area (Å²) >= 11 is 0. The van der Waals surface area contributed by atoms with Gasteiger partial charge in [0.25, 0.3) is 0 Å². The molecule has 0 bridgehead atoms. The van der Waals surface area contributed by atoms with E-state index >= 15 is 0 Å². The Labute approximate surface area is 136 Å². The molecule has 0 rings (SSSR count). The first-order valence-corrected chi connectivity index (χ1v) is 9.29. The molecule has 0 aromatic carbocycles. The van der Waals surface area contributed by atoms with Crippen molar-refractivity contribution in [3.8, 4) is 0 Å². The molecule has 1 atom stereocenters. The number of aliphatic carboxylic acids is 1. The minimum Gasteiger partial charge on any atom is -0.481 e. The second-order valence-electron chi connectivity index (χ2n) is 6.73. The molecule has 0 aromatic rings. The summed E-state index contributed by atoms with van der Waals surface area (Å²) < 4.78 is 0. The maximum atomic E-state index is 11.7. The van der Waals surface area contributed by atoms with Gasteiger partial charge in [0, 0.05) is 19.3 Å². The normalized spacial score (nSPS) is 12.3. The van der Waals surface area contributed by atoms with E-state index in [-0.39, 0.29) is 18.1 Å². The van der Waals surface area contributed by atoms with Gasteiger partial charge in [-0.1, -0.05) is 78.1 Å². The summed E-state index contributed by atoms with van der Waals surface area (Å²) in [5.41, 5.74) is 0. The van der Waals surface area contributed by atoms with Gasteiger partial charge in [0.15, 0.2) is 0 Å². The first-order valence-electron chi connectivity index (χ1n) is 9.29. The Morgan fingerprint density at radius 2 is 1.23 bits per heavy atom. The van der Waals surface area contributed by atoms with E-state index in [2.05, 4.69) is 6.92 Å². The molecule has 1 N–H and O–H groups in total. The highest BCUT2D eigenvalue weighted by molar-refractivity contribution is 5.79. The molecule has 0 aliphatic heterocycles. The largest absolute Gasteiger partial charge is 0.481 e. The van der Waals surface area contributed by atoms with E-state index in [9.17, 15) is 9.59 Å². The highest BCUT2D eigenvalue weighted by Gasteiger charge is 2.12. The molecule has 0 aliphatic carbocycles. The van der Waals surface area contributed by atoms with Crippen LogP contribution in [-0.2, 0) is 9.59 Å². The number of ketones is 1. The second kappa shape index (κ2) is 15.1. The van der Waals surface area contributed by atoms with Crippen LogP contribution in [0, 0.1) is 5.92 Å². The number of carboxylic acid groups (broad SMARTS) is 1. The number of rotatable bonds is 16. The van der Waals surface area contributed by atoms with E-state index in [4.69, 9.17) is 5.11 Å². The fourth-order valence-electron chi connectivity index (χ4n) is 2.85. The molecule has 0 aromatic heterocycles. The molecule has 0 amide bonds. The monoisotopic (exact) mass is 312 g/mol. The van der Waals surface area contributed by atoms with Gasteiger partial charge in [-0.3, -0.25) is 9.59 Å². The molecule has 0 heterocycles. The van der Waals surface area contributed by atoms with E-state index in [1.807, 2.05) is 6.92 Å². The predicted molar refractivity (Wildman–Crippen MR) is 92.1 cm³/mol. The number of carbonyl (C=O) groups is 2. The lowest BCUT2D eigenvalue weighted by Crippen LogP contribution is -2.09. The van der Waals surface area contributed by atoms with E-state index < -0.39 is 5.97 Å². The Morgan fingerprint density at radius 1 is 0.773 bits per heavy atom. The zero-order valence-electron chi connectivity index (χ0n) is 14.7. The summed E-state index contributed by atoms with van der Waals surface area (Å²) in [6.45, 7) is 4.09. The van der Waals surface area contributed by atoms with Crippen molar-refractivity contribution in [1.29, 1.82) is 0 Å². The number of hydrogen-bond donors (Lipinski definition) is 1. The van der Waals surface area contributed by atoms with Crippen LogP contribution in [0.4, 0.5) is 0 Å². The van der Waals surface area contributed by atoms with Gasteiger partial charge in [0.1, 0.15) is 5.78 Å². The average Bonchev–Trinajstić information content (AvgIpc) is 2.43. The zero-order chi connectivity index (χ0) is 16.6. The molecule has 22 heavy (non-hydrogen) atoms. The number of carbonyl (C=O) groups excluding carboxylic acids is 1. The van der Waals surface area contributed by atoms with Crippen molar-refractivity contribution < 1.29 is 14.7 Å². The summed E-state index contributed by atoms with van der Waals surface area (Å²) in [6.07, 6.45) is 15.3. The lowest BCUT2D eigenvalue weighted by molar-refractivity contribution is -0.138. The first kappa shape index (κ1) is 21.1. The van der Waals surface area contributed by atoms with Crippen LogP contribution in [0.1, 0.15) is 104 Å². The van der Waals surface area contributed by atoms with E-state index in [1.165, 1.54) is 57.8 Å². The predicted octanol–water partition coefficient (Wildman–Crippen LogP) is 5.76. The third kappa shape index (κ3) is 15.5. The Hall–Kier alpha value is -0.860. The maximum absolute atomic E-state index is 11.7. The lowest BCUT2D eigenvalue weighted by Gasteiger charge is -2.07. The van der Waals surface area contributed by atoms with Crippen LogP contribution in [0.5, 0.6) is 0 Å². The third-order valence-corrected chi connectivity index (χ3v) is 4.16. The Balaban J connectivity index is 3.28. The number of carboxylic acids is 1. The zero-order valence-corrected chi connectivity index (χ0v) is 14.7. The Bertz CT molecular complexity index is 286. The molecule has 3 heteroatoms. The fourth-order valence-corrected chi connectivity index (χ4v) is 2.85. The van der Waals surface area contributed by atoms with Crippen LogP contribution in [0.15, 0.2) is 0 Å². The summed E-state index contributed by atoms with van der Waals surface area (Å²) in [7, 11) is 0. The molecule has 0 aliphatic rings. The van der Waals surface area contributed by atoms with Gasteiger partial charge in [0.2, 0.25) is 0 Å². The molecule has 0 radical (unpaired) electrons. The SMILES string of the molecule is CCCCCCCCCCCCCC(=O)C[C@@H](C)CC(=O)O. The molecular weight excluding hydrogens is 276 g/mol. The third-order valence-electron chi connectivity index (χ3n) is 4.16. The van der Waals surface area contributed by atoms with Crippen LogP contribution in [-0.4, -0.2) is 16.9 Å². The van der Waals surface area contributed by atoms with Crippen molar-refractivity contribution in [2.24, 2.45) is 5.92 Å². The molecule has 130 valence electrons. The van der Waals surface area contributed by atoms with Crippen molar-refractivity contribution in [3.05, 3.63) is 0 Å². The number of hydrogen-bond acceptors (Lipinski definition) is 2. The van der Waals surface area contributed by atoms with Crippen LogP contribution in [0.2, 0.25) is 0 Å². The summed E-state index contributed by atoms with van der Waals surface area (Å²) in [6, 6.07) is 0. The minimum atomic E-state index is -0.810. The molecule has 0 spiro atoms. The molecule has 0 fully saturated rings. The highest BCUT2D eigenvalue weighted by Crippen LogP contribution is 2.14. The molecule has 0 saturated carbocycles. The van der Waals surface area contributed by atoms with Gasteiger partial charge < -0.3 is 5.11 Å². The average molecular weight is 312 g/mol. The quantitative estimate of drug-likeness (QED) is 0.369. The van der Waals surface area contributed by atoms with Crippen molar-refractivity contribution >= 4 is 11.8 Å². The summed E-state index contributed by atoms with van der Waals surface area (Å²) in [4.78, 5) is 22.2. The summed E-state index contributed by atoms with van der Waals surface area (Å²) in [5, 5.41) is 8.66. The first-order chi connectivity index (χ1) is 10.6. The van der Waals surface area contributed by atoms with E-state index in [1.54, 1.807) is 0 Å². The Kier molecular flexibility index (Phi) is 14.5. The van der Waals surface area contributed by atoms with Gasteiger partial charge in [0.05, 0.1) is 0 Å². The Morgan fingerprint density at radius 3 is 1.68 bits per heavy atom. The van der Waals surface area contributed by atoms with Crippen LogP contribution in [0.3, 0.4) is 0 Å². The minimum absolute atomic E-state index is 0.0299. The fraction of sp³-hybridized carbons (Fsp3) is 0.895. The van der Waals surface area contributed by atoms with Crippen LogP contribution < -0.4 is 0 Å². The van der Waals surface area contributed by atoms with Gasteiger partial charge in [-0.2, -0.15) is 0 Å². The van der Waals surface area contributed by atoms with Gasteiger partial charge in [-0.25, -0.2) is 0 Å². The lowest BCUT2D eigenvalue weighted by atomic mass is 9.98. The van der Waals surface area contributed by atoms with E-state index in [0.29, 0.717) is 12.8 Å². The molecular formula is C19H36O3. The van der Waals surface area contributed by atoms with Gasteiger partial charge in [-0.15, -0.1) is 0 Å². The topological polar surface area (TPSA) is 54.4 Å². The second-order valence-corrected chi connectivity index (χ2v) is 6.73. The highest BCUT2D eigenvalue weighted by atomic mass is 16.4. The van der Waals surface area contributed by atoms with Crippen molar-refractivity contribution in [2.45, 2.75) is 104 Å². The van der Waals surface area contributed by atoms with Crippen molar-refractivity contribution in [3.63, 3.8) is 0 Å². The van der Waals surface area contributed by atoms with Gasteiger partial charge in [-0.05, 0) is 12.3 Å². The van der Waals surface area contributed by atoms with Gasteiger partial charge >= 0.3 is 5.97 Å². The summed E-state index contributed by atoms with van der Waals surface area (Å²) in [5.74, 6) is -0.614. The molecule has 0 saturated heterocycles. The molecule has 0 unspecified atom stereocenters.